The third-order valence-electron chi connectivity index (χ3n) is 5.08. The van der Waals surface area contributed by atoms with Gasteiger partial charge in [0.1, 0.15) is 5.56 Å². The van der Waals surface area contributed by atoms with Gasteiger partial charge in [-0.3, -0.25) is 4.68 Å². The van der Waals surface area contributed by atoms with E-state index in [1.54, 1.807) is 13.8 Å². The lowest BCUT2D eigenvalue weighted by molar-refractivity contribution is -0.137. The number of alkyl halides is 3. The highest BCUT2D eigenvalue weighted by molar-refractivity contribution is 7.89. The molecule has 1 aliphatic heterocycles. The lowest BCUT2D eigenvalue weighted by Crippen LogP contribution is -2.43. The van der Waals surface area contributed by atoms with Crippen LogP contribution in [0.2, 0.25) is 0 Å². The second-order valence-corrected chi connectivity index (χ2v) is 10.6. The molecule has 0 aromatic carbocycles. The summed E-state index contributed by atoms with van der Waals surface area (Å²) in [4.78, 5) is 7.90. The van der Waals surface area contributed by atoms with Gasteiger partial charge in [0, 0.05) is 37.1 Å². The zero-order valence-electron chi connectivity index (χ0n) is 18.2. The first-order valence-corrected chi connectivity index (χ1v) is 11.9. The number of sulfonamides is 1. The fourth-order valence-corrected chi connectivity index (χ4v) is 4.81. The molecule has 2 aromatic rings. The van der Waals surface area contributed by atoms with Crippen LogP contribution in [0.3, 0.4) is 0 Å². The Kier molecular flexibility index (Phi) is 7.31. The second-order valence-electron chi connectivity index (χ2n) is 8.55. The van der Waals surface area contributed by atoms with E-state index in [1.165, 1.54) is 21.4 Å². The molecule has 3 N–H and O–H groups in total. The summed E-state index contributed by atoms with van der Waals surface area (Å²) in [6, 6.07) is -0.229. The number of anilines is 1. The molecule has 1 aliphatic rings. The van der Waals surface area contributed by atoms with Crippen LogP contribution in [0, 0.1) is 0 Å². The Labute approximate surface area is 189 Å². The van der Waals surface area contributed by atoms with Crippen molar-refractivity contribution in [2.75, 3.05) is 30.8 Å². The molecule has 184 valence electrons. The van der Waals surface area contributed by atoms with E-state index in [0.29, 0.717) is 19.0 Å². The van der Waals surface area contributed by atoms with Gasteiger partial charge in [-0.05, 0) is 26.7 Å². The van der Waals surface area contributed by atoms with Crippen LogP contribution in [-0.2, 0) is 22.7 Å². The molecule has 14 heteroatoms. The Balaban J connectivity index is 1.79. The monoisotopic (exact) mass is 492 g/mol. The maximum absolute atomic E-state index is 13.6. The van der Waals surface area contributed by atoms with Crippen molar-refractivity contribution < 1.29 is 31.8 Å². The van der Waals surface area contributed by atoms with Crippen molar-refractivity contribution in [2.24, 2.45) is 0 Å². The van der Waals surface area contributed by atoms with E-state index in [1.807, 2.05) is 0 Å². The van der Waals surface area contributed by atoms with Gasteiger partial charge in [0.15, 0.2) is 0 Å². The number of hydrogen-bond donors (Lipinski definition) is 3. The quantitative estimate of drug-likeness (QED) is 0.503. The third-order valence-corrected chi connectivity index (χ3v) is 6.93. The molecule has 2 aromatic heterocycles. The van der Waals surface area contributed by atoms with Gasteiger partial charge >= 0.3 is 6.18 Å². The van der Waals surface area contributed by atoms with Gasteiger partial charge in [0.05, 0.1) is 36.4 Å². The van der Waals surface area contributed by atoms with E-state index < -0.39 is 34.0 Å². The molecule has 0 radical (unpaired) electrons. The minimum atomic E-state index is -4.68. The van der Waals surface area contributed by atoms with Crippen molar-refractivity contribution in [3.8, 4) is 11.3 Å². The molecule has 3 heterocycles. The number of hydrogen-bond acceptors (Lipinski definition) is 8. The zero-order chi connectivity index (χ0) is 24.4. The van der Waals surface area contributed by atoms with E-state index in [9.17, 15) is 26.7 Å². The van der Waals surface area contributed by atoms with Gasteiger partial charge in [0.2, 0.25) is 16.0 Å². The predicted octanol–water partition coefficient (Wildman–Crippen LogP) is 1.33. The predicted molar refractivity (Wildman–Crippen MR) is 114 cm³/mol. The first kappa shape index (κ1) is 25.3. The molecule has 0 atom stereocenters. The summed E-state index contributed by atoms with van der Waals surface area (Å²) >= 11 is 0. The van der Waals surface area contributed by atoms with Crippen molar-refractivity contribution in [3.05, 3.63) is 24.2 Å². The van der Waals surface area contributed by atoms with Gasteiger partial charge in [-0.15, -0.1) is 0 Å². The first-order chi connectivity index (χ1) is 15.3. The average molecular weight is 493 g/mol. The molecule has 33 heavy (non-hydrogen) atoms. The Morgan fingerprint density at radius 3 is 2.45 bits per heavy atom. The summed E-state index contributed by atoms with van der Waals surface area (Å²) in [6.07, 6.45) is -0.527. The van der Waals surface area contributed by atoms with Crippen molar-refractivity contribution in [2.45, 2.75) is 51.1 Å². The number of aliphatic hydroxyl groups excluding tert-OH is 1. The highest BCUT2D eigenvalue weighted by Crippen LogP contribution is 2.36. The topological polar surface area (TPSA) is 133 Å². The third kappa shape index (κ3) is 6.62. The maximum atomic E-state index is 13.6. The SMILES string of the molecule is CC(C)(O)Cn1cc(-c2nc(NC3CCN(S(=O)(=O)CCO)CC3)ncc2C(F)(F)F)cn1. The van der Waals surface area contributed by atoms with Gasteiger partial charge in [-0.1, -0.05) is 0 Å². The first-order valence-electron chi connectivity index (χ1n) is 10.3. The molecule has 0 bridgehead atoms. The van der Waals surface area contributed by atoms with E-state index in [4.69, 9.17) is 5.11 Å². The normalized spacial score (nSPS) is 16.8. The van der Waals surface area contributed by atoms with Crippen molar-refractivity contribution >= 4 is 16.0 Å². The molecular weight excluding hydrogens is 465 g/mol. The maximum Gasteiger partial charge on any atom is 0.419 e. The summed E-state index contributed by atoms with van der Waals surface area (Å²) in [5.41, 5.74) is -2.33. The minimum absolute atomic E-state index is 0.00935. The zero-order valence-corrected chi connectivity index (χ0v) is 19.1. The van der Waals surface area contributed by atoms with Crippen LogP contribution in [0.4, 0.5) is 19.1 Å². The minimum Gasteiger partial charge on any atom is -0.395 e. The average Bonchev–Trinajstić information content (AvgIpc) is 3.14. The summed E-state index contributed by atoms with van der Waals surface area (Å²) in [7, 11) is -3.53. The Morgan fingerprint density at radius 1 is 1.21 bits per heavy atom. The Morgan fingerprint density at radius 2 is 1.88 bits per heavy atom. The van der Waals surface area contributed by atoms with Crippen LogP contribution in [0.15, 0.2) is 18.6 Å². The summed E-state index contributed by atoms with van der Waals surface area (Å²) < 4.78 is 67.5. The van der Waals surface area contributed by atoms with Crippen LogP contribution < -0.4 is 5.32 Å². The number of rotatable bonds is 8. The fraction of sp³-hybridized carbons (Fsp3) is 0.632. The van der Waals surface area contributed by atoms with E-state index in [2.05, 4.69) is 20.4 Å². The standard InChI is InChI=1S/C19H27F3N6O4S/c1-18(2,30)12-27-11-13(9-24-27)16-15(19(20,21)22)10-23-17(26-16)25-14-3-5-28(6-4-14)33(31,32)8-7-29/h9-11,14,29-30H,3-8,12H2,1-2H3,(H,23,25,26). The summed E-state index contributed by atoms with van der Waals surface area (Å²) in [5, 5.41) is 25.8. The molecule has 0 unspecified atom stereocenters. The molecule has 10 nitrogen and oxygen atoms in total. The molecule has 0 amide bonds. The molecule has 0 saturated carbocycles. The highest BCUT2D eigenvalue weighted by atomic mass is 32.2. The molecule has 0 aliphatic carbocycles. The number of nitrogens with one attached hydrogen (secondary N) is 1. The molecule has 1 fully saturated rings. The van der Waals surface area contributed by atoms with Crippen molar-refractivity contribution in [1.29, 1.82) is 0 Å². The van der Waals surface area contributed by atoms with Crippen LogP contribution in [0.1, 0.15) is 32.3 Å². The van der Waals surface area contributed by atoms with E-state index >= 15 is 0 Å². The van der Waals surface area contributed by atoms with Gasteiger partial charge < -0.3 is 15.5 Å². The van der Waals surface area contributed by atoms with Crippen LogP contribution in [-0.4, -0.2) is 79.8 Å². The van der Waals surface area contributed by atoms with Crippen molar-refractivity contribution in [1.82, 2.24) is 24.1 Å². The van der Waals surface area contributed by atoms with Crippen LogP contribution >= 0.6 is 0 Å². The largest absolute Gasteiger partial charge is 0.419 e. The molecular formula is C19H27F3N6O4S. The molecule has 3 rings (SSSR count). The van der Waals surface area contributed by atoms with E-state index in [0.717, 1.165) is 0 Å². The number of nitrogens with zero attached hydrogens (tertiary/aromatic N) is 5. The van der Waals surface area contributed by atoms with Crippen LogP contribution in [0.25, 0.3) is 11.3 Å². The van der Waals surface area contributed by atoms with Gasteiger partial charge in [-0.25, -0.2) is 22.7 Å². The number of halogens is 3. The Bertz CT molecular complexity index is 1060. The Hall–Kier alpha value is -2.29. The van der Waals surface area contributed by atoms with Gasteiger partial charge in [0.25, 0.3) is 0 Å². The number of aromatic nitrogens is 4. The lowest BCUT2D eigenvalue weighted by Gasteiger charge is -2.31. The fourth-order valence-electron chi connectivity index (χ4n) is 3.55. The number of aliphatic hydroxyl groups is 2. The lowest BCUT2D eigenvalue weighted by atomic mass is 10.1. The van der Waals surface area contributed by atoms with E-state index in [-0.39, 0.29) is 48.6 Å². The summed E-state index contributed by atoms with van der Waals surface area (Å²) in [5.74, 6) is -0.359. The van der Waals surface area contributed by atoms with Crippen molar-refractivity contribution in [3.63, 3.8) is 0 Å². The van der Waals surface area contributed by atoms with Crippen LogP contribution in [0.5, 0.6) is 0 Å². The summed E-state index contributed by atoms with van der Waals surface area (Å²) in [6.45, 7) is 3.18. The molecule has 1 saturated heterocycles. The highest BCUT2D eigenvalue weighted by Gasteiger charge is 2.36. The smallest absolute Gasteiger partial charge is 0.395 e. The second kappa shape index (κ2) is 9.52. The molecule has 0 spiro atoms. The number of piperidine rings is 1. The van der Waals surface area contributed by atoms with Gasteiger partial charge in [-0.2, -0.15) is 18.3 Å².